The lowest BCUT2D eigenvalue weighted by Gasteiger charge is -2.12. The molecule has 0 aliphatic rings. The van der Waals surface area contributed by atoms with E-state index in [0.717, 1.165) is 50.7 Å². The number of nitrogens with zero attached hydrogens (tertiary/aromatic N) is 6. The Hall–Kier alpha value is -2.38. The third-order valence-corrected chi connectivity index (χ3v) is 3.57. The molecule has 2 rings (SSSR count). The molecule has 126 valence electrons. The summed E-state index contributed by atoms with van der Waals surface area (Å²) >= 11 is 0. The van der Waals surface area contributed by atoms with Gasteiger partial charge in [0.25, 0.3) is 0 Å². The molecule has 0 amide bonds. The van der Waals surface area contributed by atoms with Crippen molar-refractivity contribution in [1.82, 2.24) is 35.2 Å². The number of hydrogen-bond acceptors (Lipinski definition) is 4. The molecule has 0 saturated carbocycles. The van der Waals surface area contributed by atoms with Gasteiger partial charge in [-0.25, -0.2) is 0 Å². The van der Waals surface area contributed by atoms with Crippen molar-refractivity contribution < 1.29 is 0 Å². The van der Waals surface area contributed by atoms with E-state index in [0.29, 0.717) is 0 Å². The summed E-state index contributed by atoms with van der Waals surface area (Å²) in [6, 6.07) is 0. The number of rotatable bonds is 8. The smallest absolute Gasteiger partial charge is 0.191 e. The standard InChI is InChI=1S/C15H26N8/c1-4-14-21-19-12-23(14)9-8-18-15(16-2)17-7-5-6-13-10-20-22(3)11-13/h10-12H,4-9H2,1-3H3,(H2,16,17,18). The molecule has 0 unspecified atom stereocenters. The molecule has 0 radical (unpaired) electrons. The van der Waals surface area contributed by atoms with Crippen molar-refractivity contribution >= 4 is 5.96 Å². The molecule has 0 spiro atoms. The highest BCUT2D eigenvalue weighted by molar-refractivity contribution is 5.79. The van der Waals surface area contributed by atoms with Crippen LogP contribution in [0.15, 0.2) is 23.7 Å². The first kappa shape index (κ1) is 17.0. The van der Waals surface area contributed by atoms with Gasteiger partial charge >= 0.3 is 0 Å². The summed E-state index contributed by atoms with van der Waals surface area (Å²) in [5.74, 6) is 1.83. The quantitative estimate of drug-likeness (QED) is 0.417. The fourth-order valence-electron chi connectivity index (χ4n) is 2.36. The zero-order chi connectivity index (χ0) is 16.5. The van der Waals surface area contributed by atoms with E-state index in [-0.39, 0.29) is 0 Å². The van der Waals surface area contributed by atoms with Crippen LogP contribution in [-0.2, 0) is 26.4 Å². The summed E-state index contributed by atoms with van der Waals surface area (Å²) in [5.41, 5.74) is 1.26. The number of nitrogens with one attached hydrogen (secondary N) is 2. The molecule has 0 aliphatic heterocycles. The highest BCUT2D eigenvalue weighted by atomic mass is 15.3. The van der Waals surface area contributed by atoms with E-state index in [1.165, 1.54) is 5.56 Å². The fraction of sp³-hybridized carbons (Fsp3) is 0.600. The third-order valence-electron chi connectivity index (χ3n) is 3.57. The number of aromatic nitrogens is 5. The number of aryl methyl sites for hydroxylation is 3. The monoisotopic (exact) mass is 318 g/mol. The molecule has 0 aromatic carbocycles. The predicted molar refractivity (Wildman–Crippen MR) is 90.3 cm³/mol. The first-order valence-electron chi connectivity index (χ1n) is 8.01. The van der Waals surface area contributed by atoms with Gasteiger partial charge in [0.15, 0.2) is 5.96 Å². The molecule has 2 aromatic heterocycles. The molecule has 8 nitrogen and oxygen atoms in total. The summed E-state index contributed by atoms with van der Waals surface area (Å²) in [6.07, 6.45) is 8.68. The number of aliphatic imine (C=N–C) groups is 1. The van der Waals surface area contributed by atoms with Crippen LogP contribution in [0.1, 0.15) is 24.7 Å². The van der Waals surface area contributed by atoms with Gasteiger partial charge < -0.3 is 15.2 Å². The summed E-state index contributed by atoms with van der Waals surface area (Å²) in [5, 5.41) is 18.8. The molecule has 0 saturated heterocycles. The van der Waals surface area contributed by atoms with Crippen molar-refractivity contribution in [3.05, 3.63) is 30.1 Å². The van der Waals surface area contributed by atoms with Gasteiger partial charge in [-0.15, -0.1) is 10.2 Å². The van der Waals surface area contributed by atoms with Crippen molar-refractivity contribution in [2.75, 3.05) is 20.1 Å². The van der Waals surface area contributed by atoms with Crippen LogP contribution in [0.2, 0.25) is 0 Å². The van der Waals surface area contributed by atoms with Gasteiger partial charge in [-0.3, -0.25) is 9.67 Å². The Bertz CT molecular complexity index is 613. The first-order valence-corrected chi connectivity index (χ1v) is 8.01. The summed E-state index contributed by atoms with van der Waals surface area (Å²) in [4.78, 5) is 4.24. The molecule has 0 bridgehead atoms. The van der Waals surface area contributed by atoms with E-state index in [1.54, 1.807) is 13.4 Å². The zero-order valence-electron chi connectivity index (χ0n) is 14.2. The Labute approximate surface area is 137 Å². The Balaban J connectivity index is 1.63. The normalized spacial score (nSPS) is 11.7. The highest BCUT2D eigenvalue weighted by Gasteiger charge is 2.02. The maximum absolute atomic E-state index is 4.24. The van der Waals surface area contributed by atoms with E-state index in [2.05, 4.69) is 48.6 Å². The van der Waals surface area contributed by atoms with Crippen LogP contribution in [0.5, 0.6) is 0 Å². The molecule has 8 heteroatoms. The van der Waals surface area contributed by atoms with E-state index < -0.39 is 0 Å². The molecular formula is C15H26N8. The average molecular weight is 318 g/mol. The Kier molecular flexibility index (Phi) is 6.58. The van der Waals surface area contributed by atoms with Crippen LogP contribution in [0, 0.1) is 0 Å². The van der Waals surface area contributed by atoms with Gasteiger partial charge in [0.05, 0.1) is 6.20 Å². The SMILES string of the molecule is CCc1nncn1CCNC(=NC)NCCCc1cnn(C)c1. The predicted octanol–water partition coefficient (Wildman–Crippen LogP) is 0.372. The molecule has 0 aliphatic carbocycles. The Morgan fingerprint density at radius 2 is 2.13 bits per heavy atom. The van der Waals surface area contributed by atoms with Gasteiger partial charge in [-0.2, -0.15) is 5.10 Å². The Morgan fingerprint density at radius 3 is 2.83 bits per heavy atom. The van der Waals surface area contributed by atoms with Gasteiger partial charge in [0.1, 0.15) is 12.2 Å². The minimum absolute atomic E-state index is 0.785. The van der Waals surface area contributed by atoms with E-state index in [4.69, 9.17) is 0 Å². The van der Waals surface area contributed by atoms with Crippen LogP contribution in [-0.4, -0.2) is 50.6 Å². The zero-order valence-corrected chi connectivity index (χ0v) is 14.2. The third kappa shape index (κ3) is 5.39. The number of guanidine groups is 1. The largest absolute Gasteiger partial charge is 0.356 e. The second-order valence-electron chi connectivity index (χ2n) is 5.35. The van der Waals surface area contributed by atoms with Crippen LogP contribution in [0.4, 0.5) is 0 Å². The van der Waals surface area contributed by atoms with Crippen LogP contribution < -0.4 is 10.6 Å². The molecule has 2 aromatic rings. The molecule has 2 heterocycles. The molecule has 0 atom stereocenters. The summed E-state index contributed by atoms with van der Waals surface area (Å²) < 4.78 is 3.89. The summed E-state index contributed by atoms with van der Waals surface area (Å²) in [6.45, 7) is 4.57. The van der Waals surface area contributed by atoms with Gasteiger partial charge in [-0.05, 0) is 18.4 Å². The molecular weight excluding hydrogens is 292 g/mol. The van der Waals surface area contributed by atoms with Crippen molar-refractivity contribution in [3.8, 4) is 0 Å². The number of hydrogen-bond donors (Lipinski definition) is 2. The highest BCUT2D eigenvalue weighted by Crippen LogP contribution is 1.99. The van der Waals surface area contributed by atoms with Gasteiger partial charge in [-0.1, -0.05) is 6.92 Å². The molecule has 23 heavy (non-hydrogen) atoms. The van der Waals surface area contributed by atoms with Crippen LogP contribution >= 0.6 is 0 Å². The van der Waals surface area contributed by atoms with Crippen molar-refractivity contribution in [2.45, 2.75) is 32.7 Å². The maximum atomic E-state index is 4.24. The lowest BCUT2D eigenvalue weighted by atomic mass is 10.2. The second kappa shape index (κ2) is 8.92. The van der Waals surface area contributed by atoms with Crippen molar-refractivity contribution in [2.24, 2.45) is 12.0 Å². The lowest BCUT2D eigenvalue weighted by Crippen LogP contribution is -2.39. The van der Waals surface area contributed by atoms with Gasteiger partial charge in [0.2, 0.25) is 0 Å². The van der Waals surface area contributed by atoms with Crippen LogP contribution in [0.3, 0.4) is 0 Å². The van der Waals surface area contributed by atoms with Gasteiger partial charge in [0, 0.05) is 46.3 Å². The van der Waals surface area contributed by atoms with Crippen molar-refractivity contribution in [3.63, 3.8) is 0 Å². The minimum Gasteiger partial charge on any atom is -0.356 e. The lowest BCUT2D eigenvalue weighted by molar-refractivity contribution is 0.630. The maximum Gasteiger partial charge on any atom is 0.191 e. The second-order valence-corrected chi connectivity index (χ2v) is 5.35. The minimum atomic E-state index is 0.785. The van der Waals surface area contributed by atoms with Crippen LogP contribution in [0.25, 0.3) is 0 Å². The van der Waals surface area contributed by atoms with E-state index >= 15 is 0 Å². The van der Waals surface area contributed by atoms with E-state index in [1.807, 2.05) is 17.9 Å². The van der Waals surface area contributed by atoms with E-state index in [9.17, 15) is 0 Å². The average Bonchev–Trinajstić information content (AvgIpc) is 3.18. The molecule has 0 fully saturated rings. The topological polar surface area (TPSA) is 84.9 Å². The Morgan fingerprint density at radius 1 is 1.30 bits per heavy atom. The van der Waals surface area contributed by atoms with Crippen molar-refractivity contribution in [1.29, 1.82) is 0 Å². The first-order chi connectivity index (χ1) is 11.2. The summed E-state index contributed by atoms with van der Waals surface area (Å²) in [7, 11) is 3.72. The fourth-order valence-corrected chi connectivity index (χ4v) is 2.36. The molecule has 2 N–H and O–H groups in total.